The SMILES string of the molecule is C=CCOc1ccc(/C=N/NC(=O)C(C)Oc2ccccc2Br)cc1. The summed E-state index contributed by atoms with van der Waals surface area (Å²) in [6, 6.07) is 14.7. The number of benzene rings is 2. The van der Waals surface area contributed by atoms with Crippen LogP contribution in [0.25, 0.3) is 0 Å². The van der Waals surface area contributed by atoms with Gasteiger partial charge in [0.15, 0.2) is 6.10 Å². The van der Waals surface area contributed by atoms with Crippen molar-refractivity contribution in [1.82, 2.24) is 5.43 Å². The molecule has 5 nitrogen and oxygen atoms in total. The molecule has 0 radical (unpaired) electrons. The largest absolute Gasteiger partial charge is 0.490 e. The van der Waals surface area contributed by atoms with Crippen molar-refractivity contribution in [3.63, 3.8) is 0 Å². The van der Waals surface area contributed by atoms with E-state index in [0.29, 0.717) is 12.4 Å². The molecule has 0 bridgehead atoms. The van der Waals surface area contributed by atoms with Gasteiger partial charge in [-0.2, -0.15) is 5.10 Å². The highest BCUT2D eigenvalue weighted by Gasteiger charge is 2.14. The minimum absolute atomic E-state index is 0.335. The second kappa shape index (κ2) is 9.64. The summed E-state index contributed by atoms with van der Waals surface area (Å²) in [5.74, 6) is 1.01. The molecule has 1 unspecified atom stereocenters. The van der Waals surface area contributed by atoms with E-state index in [-0.39, 0.29) is 5.91 Å². The van der Waals surface area contributed by atoms with Gasteiger partial charge in [-0.1, -0.05) is 24.8 Å². The molecule has 6 heteroatoms. The lowest BCUT2D eigenvalue weighted by atomic mass is 10.2. The Bertz CT molecular complexity index is 745. The molecule has 0 aliphatic carbocycles. The zero-order chi connectivity index (χ0) is 18.1. The third kappa shape index (κ3) is 6.08. The van der Waals surface area contributed by atoms with Crippen molar-refractivity contribution in [2.45, 2.75) is 13.0 Å². The zero-order valence-corrected chi connectivity index (χ0v) is 15.4. The number of hydrogen-bond acceptors (Lipinski definition) is 4. The van der Waals surface area contributed by atoms with Crippen molar-refractivity contribution in [3.8, 4) is 11.5 Å². The Labute approximate surface area is 155 Å². The van der Waals surface area contributed by atoms with E-state index in [0.717, 1.165) is 15.8 Å². The van der Waals surface area contributed by atoms with Crippen molar-refractivity contribution >= 4 is 28.1 Å². The number of halogens is 1. The quantitative estimate of drug-likeness (QED) is 0.413. The summed E-state index contributed by atoms with van der Waals surface area (Å²) in [5, 5.41) is 3.95. The maximum atomic E-state index is 12.0. The van der Waals surface area contributed by atoms with Gasteiger partial charge in [0.25, 0.3) is 5.91 Å². The minimum Gasteiger partial charge on any atom is -0.490 e. The van der Waals surface area contributed by atoms with Gasteiger partial charge in [0.1, 0.15) is 18.1 Å². The fourth-order valence-electron chi connectivity index (χ4n) is 1.85. The Morgan fingerprint density at radius 3 is 2.68 bits per heavy atom. The van der Waals surface area contributed by atoms with Crippen molar-refractivity contribution in [3.05, 3.63) is 71.2 Å². The highest BCUT2D eigenvalue weighted by Crippen LogP contribution is 2.24. The Balaban J connectivity index is 1.85. The van der Waals surface area contributed by atoms with E-state index in [1.165, 1.54) is 0 Å². The van der Waals surface area contributed by atoms with Crippen molar-refractivity contribution < 1.29 is 14.3 Å². The molecule has 1 atom stereocenters. The molecular formula is C19H19BrN2O3. The average molecular weight is 403 g/mol. The molecule has 2 aromatic rings. The Morgan fingerprint density at radius 2 is 2.00 bits per heavy atom. The Kier molecular flexibility index (Phi) is 7.22. The lowest BCUT2D eigenvalue weighted by Gasteiger charge is -2.13. The molecule has 0 aromatic heterocycles. The molecule has 0 fully saturated rings. The lowest BCUT2D eigenvalue weighted by molar-refractivity contribution is -0.127. The maximum Gasteiger partial charge on any atom is 0.280 e. The molecule has 1 N–H and O–H groups in total. The van der Waals surface area contributed by atoms with Crippen molar-refractivity contribution in [2.24, 2.45) is 5.10 Å². The third-order valence-corrected chi connectivity index (χ3v) is 3.80. The number of ether oxygens (including phenoxy) is 2. The summed E-state index contributed by atoms with van der Waals surface area (Å²) in [6.45, 7) is 5.72. The molecule has 0 heterocycles. The predicted molar refractivity (Wildman–Crippen MR) is 102 cm³/mol. The van der Waals surface area contributed by atoms with E-state index >= 15 is 0 Å². The fourth-order valence-corrected chi connectivity index (χ4v) is 2.23. The van der Waals surface area contributed by atoms with Crippen LogP contribution in [0.15, 0.2) is 70.8 Å². The van der Waals surface area contributed by atoms with Gasteiger partial charge in [0.05, 0.1) is 10.7 Å². The van der Waals surface area contributed by atoms with Crippen LogP contribution < -0.4 is 14.9 Å². The normalized spacial score (nSPS) is 11.8. The van der Waals surface area contributed by atoms with Crippen LogP contribution in [-0.2, 0) is 4.79 Å². The number of carbonyl (C=O) groups is 1. The summed E-state index contributed by atoms with van der Waals surface area (Å²) < 4.78 is 11.8. The van der Waals surface area contributed by atoms with E-state index in [2.05, 4.69) is 33.0 Å². The molecule has 2 aromatic carbocycles. The number of nitrogens with zero attached hydrogens (tertiary/aromatic N) is 1. The van der Waals surface area contributed by atoms with E-state index in [1.54, 1.807) is 25.3 Å². The molecule has 0 spiro atoms. The van der Waals surface area contributed by atoms with Crippen LogP contribution in [0.1, 0.15) is 12.5 Å². The number of amides is 1. The van der Waals surface area contributed by atoms with Crippen molar-refractivity contribution in [1.29, 1.82) is 0 Å². The number of nitrogens with one attached hydrogen (secondary N) is 1. The summed E-state index contributed by atoms with van der Waals surface area (Å²) >= 11 is 3.38. The molecule has 0 saturated heterocycles. The van der Waals surface area contributed by atoms with Gasteiger partial charge in [0.2, 0.25) is 0 Å². The number of hydrogen-bond donors (Lipinski definition) is 1. The second-order valence-electron chi connectivity index (χ2n) is 5.09. The zero-order valence-electron chi connectivity index (χ0n) is 13.8. The van der Waals surface area contributed by atoms with Crippen LogP contribution in [0.4, 0.5) is 0 Å². The van der Waals surface area contributed by atoms with Gasteiger partial charge in [-0.25, -0.2) is 5.43 Å². The van der Waals surface area contributed by atoms with Crippen LogP contribution in [0, 0.1) is 0 Å². The molecule has 0 aliphatic heterocycles. The summed E-state index contributed by atoms with van der Waals surface area (Å²) in [7, 11) is 0. The molecule has 2 rings (SSSR count). The molecule has 130 valence electrons. The first-order valence-corrected chi connectivity index (χ1v) is 8.47. The summed E-state index contributed by atoms with van der Waals surface area (Å²) in [5.41, 5.74) is 3.30. The van der Waals surface area contributed by atoms with Crippen LogP contribution in [0.3, 0.4) is 0 Å². The van der Waals surface area contributed by atoms with Crippen molar-refractivity contribution in [2.75, 3.05) is 6.61 Å². The monoisotopic (exact) mass is 402 g/mol. The van der Waals surface area contributed by atoms with E-state index in [4.69, 9.17) is 9.47 Å². The van der Waals surface area contributed by atoms with E-state index < -0.39 is 6.10 Å². The van der Waals surface area contributed by atoms with Gasteiger partial charge in [0, 0.05) is 0 Å². The first kappa shape index (κ1) is 18.7. The van der Waals surface area contributed by atoms with Crippen LogP contribution >= 0.6 is 15.9 Å². The highest BCUT2D eigenvalue weighted by atomic mass is 79.9. The van der Waals surface area contributed by atoms with Gasteiger partial charge in [-0.15, -0.1) is 0 Å². The summed E-state index contributed by atoms with van der Waals surface area (Å²) in [6.07, 6.45) is 2.56. The van der Waals surface area contributed by atoms with E-state index in [1.807, 2.05) is 42.5 Å². The number of rotatable bonds is 8. The van der Waals surface area contributed by atoms with Crippen LogP contribution in [0.5, 0.6) is 11.5 Å². The fraction of sp³-hybridized carbons (Fsp3) is 0.158. The molecule has 0 aliphatic rings. The van der Waals surface area contributed by atoms with Crippen LogP contribution in [-0.4, -0.2) is 24.8 Å². The van der Waals surface area contributed by atoms with E-state index in [9.17, 15) is 4.79 Å². The predicted octanol–water partition coefficient (Wildman–Crippen LogP) is 3.93. The first-order valence-electron chi connectivity index (χ1n) is 7.68. The number of hydrazone groups is 1. The molecular weight excluding hydrogens is 384 g/mol. The lowest BCUT2D eigenvalue weighted by Crippen LogP contribution is -2.33. The van der Waals surface area contributed by atoms with Gasteiger partial charge >= 0.3 is 0 Å². The Morgan fingerprint density at radius 1 is 1.28 bits per heavy atom. The first-order chi connectivity index (χ1) is 12.1. The maximum absolute atomic E-state index is 12.0. The molecule has 25 heavy (non-hydrogen) atoms. The molecule has 1 amide bonds. The second-order valence-corrected chi connectivity index (χ2v) is 5.95. The topological polar surface area (TPSA) is 59.9 Å². The Hall–Kier alpha value is -2.60. The minimum atomic E-state index is -0.675. The standard InChI is InChI=1S/C19H19BrN2O3/c1-3-12-24-16-10-8-15(9-11-16)13-21-22-19(23)14(2)25-18-7-5-4-6-17(18)20/h3-11,13-14H,1,12H2,2H3,(H,22,23)/b21-13+. The number of para-hydroxylation sites is 1. The van der Waals surface area contributed by atoms with Gasteiger partial charge < -0.3 is 9.47 Å². The van der Waals surface area contributed by atoms with Crippen LogP contribution in [0.2, 0.25) is 0 Å². The number of carbonyl (C=O) groups excluding carboxylic acids is 1. The third-order valence-electron chi connectivity index (χ3n) is 3.15. The highest BCUT2D eigenvalue weighted by molar-refractivity contribution is 9.10. The van der Waals surface area contributed by atoms with Gasteiger partial charge in [-0.05, 0) is 64.8 Å². The smallest absolute Gasteiger partial charge is 0.280 e. The molecule has 0 saturated carbocycles. The average Bonchev–Trinajstić information content (AvgIpc) is 2.62. The van der Waals surface area contributed by atoms with Gasteiger partial charge in [-0.3, -0.25) is 4.79 Å². The summed E-state index contributed by atoms with van der Waals surface area (Å²) in [4.78, 5) is 12.0.